The molecule has 0 radical (unpaired) electrons. The maximum atomic E-state index is 11.2. The summed E-state index contributed by atoms with van der Waals surface area (Å²) in [6.45, 7) is 2.18. The lowest BCUT2D eigenvalue weighted by Crippen LogP contribution is -2.16. The van der Waals surface area contributed by atoms with E-state index < -0.39 is 12.1 Å². The summed E-state index contributed by atoms with van der Waals surface area (Å²) in [6, 6.07) is 12.7. The van der Waals surface area contributed by atoms with Gasteiger partial charge in [-0.25, -0.2) is 0 Å². The van der Waals surface area contributed by atoms with E-state index in [1.54, 1.807) is 44.2 Å². The lowest BCUT2D eigenvalue weighted by Gasteiger charge is -2.15. The van der Waals surface area contributed by atoms with Crippen molar-refractivity contribution in [1.82, 2.24) is 9.78 Å². The molecule has 0 bridgehead atoms. The van der Waals surface area contributed by atoms with E-state index in [0.29, 0.717) is 40.5 Å². The number of carbonyl (C=O) groups is 1. The van der Waals surface area contributed by atoms with Crippen LogP contribution in [-0.2, 0) is 17.8 Å². The van der Waals surface area contributed by atoms with Gasteiger partial charge in [0, 0.05) is 11.1 Å². The molecule has 3 aromatic rings. The smallest absolute Gasteiger partial charge is 0.307 e. The van der Waals surface area contributed by atoms with Gasteiger partial charge >= 0.3 is 5.97 Å². The van der Waals surface area contributed by atoms with Crippen molar-refractivity contribution in [2.75, 3.05) is 21.3 Å². The lowest BCUT2D eigenvalue weighted by molar-refractivity contribution is -0.136. The number of carboxylic acids is 1. The van der Waals surface area contributed by atoms with Crippen molar-refractivity contribution < 1.29 is 29.2 Å². The number of rotatable bonds is 10. The maximum Gasteiger partial charge on any atom is 0.307 e. The maximum absolute atomic E-state index is 11.2. The predicted molar refractivity (Wildman–Crippen MR) is 120 cm³/mol. The molecule has 0 aliphatic carbocycles. The number of hydrogen-bond donors (Lipinski definition) is 2. The van der Waals surface area contributed by atoms with Gasteiger partial charge in [-0.3, -0.25) is 9.48 Å². The summed E-state index contributed by atoms with van der Waals surface area (Å²) < 4.78 is 18.3. The minimum Gasteiger partial charge on any atom is -0.496 e. The van der Waals surface area contributed by atoms with Gasteiger partial charge in [-0.2, -0.15) is 5.10 Å². The third kappa shape index (κ3) is 4.86. The first-order chi connectivity index (χ1) is 15.4. The number of aliphatic carboxylic acids is 1. The highest BCUT2D eigenvalue weighted by Gasteiger charge is 2.21. The fraction of sp³-hybridized carbons (Fsp3) is 0.333. The highest BCUT2D eigenvalue weighted by Crippen LogP contribution is 2.40. The summed E-state index contributed by atoms with van der Waals surface area (Å²) >= 11 is 0. The monoisotopic (exact) mass is 440 g/mol. The largest absolute Gasteiger partial charge is 0.496 e. The van der Waals surface area contributed by atoms with Crippen LogP contribution in [-0.4, -0.2) is 53.4 Å². The Bertz CT molecular complexity index is 1090. The Morgan fingerprint density at radius 2 is 1.78 bits per heavy atom. The molecule has 1 heterocycles. The number of aliphatic hydroxyl groups is 1. The molecule has 2 N–H and O–H groups in total. The molecular formula is C24H28N2O6. The summed E-state index contributed by atoms with van der Waals surface area (Å²) in [5.41, 5.74) is 3.39. The number of para-hydroxylation sites is 1. The zero-order valence-corrected chi connectivity index (χ0v) is 18.7. The first kappa shape index (κ1) is 23.1. The number of hydrogen-bond acceptors (Lipinski definition) is 6. The van der Waals surface area contributed by atoms with Crippen LogP contribution in [0.25, 0.3) is 22.5 Å². The van der Waals surface area contributed by atoms with Gasteiger partial charge in [0.15, 0.2) is 11.5 Å². The topological polar surface area (TPSA) is 103 Å². The van der Waals surface area contributed by atoms with Gasteiger partial charge in [0.1, 0.15) is 5.75 Å². The minimum absolute atomic E-state index is 0.108. The first-order valence-electron chi connectivity index (χ1n) is 10.3. The van der Waals surface area contributed by atoms with Crippen molar-refractivity contribution in [2.45, 2.75) is 32.4 Å². The zero-order valence-electron chi connectivity index (χ0n) is 18.7. The number of ether oxygens (including phenoxy) is 3. The molecule has 0 aliphatic heterocycles. The van der Waals surface area contributed by atoms with Crippen LogP contribution in [0.3, 0.4) is 0 Å². The fourth-order valence-electron chi connectivity index (χ4n) is 3.56. The highest BCUT2D eigenvalue weighted by molar-refractivity contribution is 5.78. The molecule has 0 amide bonds. The van der Waals surface area contributed by atoms with E-state index >= 15 is 0 Å². The van der Waals surface area contributed by atoms with Gasteiger partial charge in [-0.1, -0.05) is 19.1 Å². The van der Waals surface area contributed by atoms with Crippen molar-refractivity contribution in [1.29, 1.82) is 0 Å². The summed E-state index contributed by atoms with van der Waals surface area (Å²) in [7, 11) is 4.70. The van der Waals surface area contributed by atoms with Crippen molar-refractivity contribution in [3.05, 3.63) is 48.0 Å². The third-order valence-corrected chi connectivity index (χ3v) is 5.21. The van der Waals surface area contributed by atoms with Crippen molar-refractivity contribution >= 4 is 5.97 Å². The molecule has 0 fully saturated rings. The lowest BCUT2D eigenvalue weighted by atomic mass is 10.0. The standard InChI is InChI=1S/C24H28N2O6/c1-5-16(27)14-26-20(17-7-6-8-22(31-3)24(17)32-4)13-19(25-26)18-11-15(12-23(28)29)9-10-21(18)30-2/h6-11,13,16,27H,5,12,14H2,1-4H3,(H,28,29). The Labute approximate surface area is 187 Å². The van der Waals surface area contributed by atoms with Gasteiger partial charge in [0.05, 0.1) is 51.8 Å². The zero-order chi connectivity index (χ0) is 23.3. The van der Waals surface area contributed by atoms with Crippen LogP contribution < -0.4 is 14.2 Å². The van der Waals surface area contributed by atoms with Crippen LogP contribution >= 0.6 is 0 Å². The van der Waals surface area contributed by atoms with Gasteiger partial charge in [0.25, 0.3) is 0 Å². The Balaban J connectivity index is 2.20. The summed E-state index contributed by atoms with van der Waals surface area (Å²) in [6.07, 6.45) is -0.122. The number of aliphatic hydroxyl groups excluding tert-OH is 1. The Kier molecular flexibility index (Phi) is 7.37. The molecule has 170 valence electrons. The van der Waals surface area contributed by atoms with Crippen LogP contribution in [0.4, 0.5) is 0 Å². The van der Waals surface area contributed by atoms with Crippen LogP contribution in [0.2, 0.25) is 0 Å². The molecule has 0 aliphatic rings. The van der Waals surface area contributed by atoms with Gasteiger partial charge in [-0.05, 0) is 42.3 Å². The van der Waals surface area contributed by atoms with Gasteiger partial charge in [0.2, 0.25) is 0 Å². The molecule has 1 atom stereocenters. The van der Waals surface area contributed by atoms with Crippen LogP contribution in [0.1, 0.15) is 18.9 Å². The molecular weight excluding hydrogens is 412 g/mol. The quantitative estimate of drug-likeness (QED) is 0.496. The normalized spacial score (nSPS) is 11.8. The Morgan fingerprint density at radius 1 is 1.03 bits per heavy atom. The van der Waals surface area contributed by atoms with Crippen LogP contribution in [0.5, 0.6) is 17.2 Å². The first-order valence-corrected chi connectivity index (χ1v) is 10.3. The number of aromatic nitrogens is 2. The number of benzene rings is 2. The molecule has 32 heavy (non-hydrogen) atoms. The molecule has 2 aromatic carbocycles. The third-order valence-electron chi connectivity index (χ3n) is 5.21. The second-order valence-electron chi connectivity index (χ2n) is 7.31. The molecule has 1 aromatic heterocycles. The van der Waals surface area contributed by atoms with Crippen LogP contribution in [0.15, 0.2) is 42.5 Å². The van der Waals surface area contributed by atoms with E-state index in [9.17, 15) is 15.0 Å². The second kappa shape index (κ2) is 10.2. The number of methoxy groups -OCH3 is 3. The number of carboxylic acid groups (broad SMARTS) is 1. The van der Waals surface area contributed by atoms with E-state index in [0.717, 1.165) is 11.3 Å². The second-order valence-corrected chi connectivity index (χ2v) is 7.31. The minimum atomic E-state index is -0.917. The molecule has 8 heteroatoms. The van der Waals surface area contributed by atoms with E-state index in [-0.39, 0.29) is 13.0 Å². The molecule has 8 nitrogen and oxygen atoms in total. The van der Waals surface area contributed by atoms with Crippen molar-refractivity contribution in [2.24, 2.45) is 0 Å². The van der Waals surface area contributed by atoms with Gasteiger partial charge < -0.3 is 24.4 Å². The van der Waals surface area contributed by atoms with E-state index in [4.69, 9.17) is 19.3 Å². The predicted octanol–water partition coefficient (Wildman–Crippen LogP) is 3.64. The Morgan fingerprint density at radius 3 is 2.41 bits per heavy atom. The molecule has 0 spiro atoms. The molecule has 1 unspecified atom stereocenters. The van der Waals surface area contributed by atoms with E-state index in [1.807, 2.05) is 31.2 Å². The fourth-order valence-corrected chi connectivity index (χ4v) is 3.56. The average molecular weight is 440 g/mol. The summed E-state index contributed by atoms with van der Waals surface area (Å²) in [5, 5.41) is 24.2. The highest BCUT2D eigenvalue weighted by atomic mass is 16.5. The van der Waals surface area contributed by atoms with Crippen molar-refractivity contribution in [3.63, 3.8) is 0 Å². The number of nitrogens with zero attached hydrogens (tertiary/aromatic N) is 2. The molecule has 3 rings (SSSR count). The molecule has 0 saturated heterocycles. The summed E-state index contributed by atoms with van der Waals surface area (Å²) in [4.78, 5) is 11.2. The summed E-state index contributed by atoms with van der Waals surface area (Å²) in [5.74, 6) is 0.792. The van der Waals surface area contributed by atoms with Gasteiger partial charge in [-0.15, -0.1) is 0 Å². The van der Waals surface area contributed by atoms with Crippen LogP contribution in [0, 0.1) is 0 Å². The van der Waals surface area contributed by atoms with E-state index in [1.165, 1.54) is 0 Å². The Hall–Kier alpha value is -3.52. The SMILES string of the molecule is CCC(O)Cn1nc(-c2cc(CC(=O)O)ccc2OC)cc1-c1cccc(OC)c1OC. The van der Waals surface area contributed by atoms with E-state index in [2.05, 4.69) is 0 Å². The van der Waals surface area contributed by atoms with Crippen molar-refractivity contribution in [3.8, 4) is 39.8 Å². The molecule has 0 saturated carbocycles. The average Bonchev–Trinajstić information content (AvgIpc) is 3.21.